The van der Waals surface area contributed by atoms with Gasteiger partial charge in [0.1, 0.15) is 0 Å². The fraction of sp³-hybridized carbons (Fsp3) is 0.947. The quantitative estimate of drug-likeness (QED) is 0.0592. The molecule has 1 N–H and O–H groups in total. The largest absolute Gasteiger partial charge is 0.465 e. The first-order valence-corrected chi connectivity index (χ1v) is 19.1. The molecule has 0 amide bonds. The van der Waals surface area contributed by atoms with Crippen LogP contribution in [0.25, 0.3) is 0 Å². The van der Waals surface area contributed by atoms with Crippen LogP contribution in [-0.2, 0) is 19.1 Å². The molecule has 0 bridgehead atoms. The van der Waals surface area contributed by atoms with E-state index in [2.05, 4.69) is 13.8 Å². The standard InChI is InChI=1S/C38H72O5/c1-3-5-7-9-11-13-15-17-19-21-23-25-27-29-37(40)42-32-35-34(31-39)36(35)33-43-38(41)30-28-26-24-22-20-18-16-14-12-10-8-6-4-2/h34-36,39H,3-33H2,1-2H3/t34?,35-,36+. The molecule has 1 fully saturated rings. The van der Waals surface area contributed by atoms with Crippen LogP contribution in [0.4, 0.5) is 0 Å². The number of unbranched alkanes of at least 4 members (excludes halogenated alkanes) is 24. The lowest BCUT2D eigenvalue weighted by Crippen LogP contribution is -2.11. The summed E-state index contributed by atoms with van der Waals surface area (Å²) in [6.07, 6.45) is 34.5. The van der Waals surface area contributed by atoms with Crippen LogP contribution in [0.15, 0.2) is 0 Å². The van der Waals surface area contributed by atoms with E-state index < -0.39 is 0 Å². The van der Waals surface area contributed by atoms with Crippen molar-refractivity contribution >= 4 is 11.9 Å². The van der Waals surface area contributed by atoms with Gasteiger partial charge >= 0.3 is 11.9 Å². The summed E-state index contributed by atoms with van der Waals surface area (Å²) in [6, 6.07) is 0. The van der Waals surface area contributed by atoms with Gasteiger partial charge in [0.25, 0.3) is 0 Å². The zero-order valence-electron chi connectivity index (χ0n) is 28.7. The van der Waals surface area contributed by atoms with Gasteiger partial charge in [0.05, 0.1) is 13.2 Å². The Bertz CT molecular complexity index is 584. The highest BCUT2D eigenvalue weighted by Gasteiger charge is 2.50. The summed E-state index contributed by atoms with van der Waals surface area (Å²) in [7, 11) is 0. The molecule has 0 spiro atoms. The number of ether oxygens (including phenoxy) is 2. The van der Waals surface area contributed by atoms with E-state index in [0.717, 1.165) is 25.7 Å². The van der Waals surface area contributed by atoms with Crippen LogP contribution in [0.1, 0.15) is 194 Å². The van der Waals surface area contributed by atoms with Crippen LogP contribution in [-0.4, -0.2) is 36.9 Å². The molecule has 1 rings (SSSR count). The second-order valence-corrected chi connectivity index (χ2v) is 13.5. The van der Waals surface area contributed by atoms with E-state index in [9.17, 15) is 14.7 Å². The summed E-state index contributed by atoms with van der Waals surface area (Å²) in [5.41, 5.74) is 0. The number of carbonyl (C=O) groups is 2. The Morgan fingerprint density at radius 1 is 0.419 bits per heavy atom. The molecule has 0 heterocycles. The van der Waals surface area contributed by atoms with Gasteiger partial charge in [0.15, 0.2) is 0 Å². The zero-order chi connectivity index (χ0) is 31.2. The maximum Gasteiger partial charge on any atom is 0.305 e. The molecule has 0 radical (unpaired) electrons. The molecule has 1 aliphatic rings. The molecular weight excluding hydrogens is 536 g/mol. The lowest BCUT2D eigenvalue weighted by molar-refractivity contribution is -0.146. The minimum Gasteiger partial charge on any atom is -0.465 e. The third-order valence-electron chi connectivity index (χ3n) is 9.56. The molecule has 254 valence electrons. The van der Waals surface area contributed by atoms with Crippen LogP contribution >= 0.6 is 0 Å². The number of carbonyl (C=O) groups excluding carboxylic acids is 2. The minimum atomic E-state index is -0.134. The van der Waals surface area contributed by atoms with E-state index in [1.165, 1.54) is 141 Å². The molecule has 5 heteroatoms. The average Bonchev–Trinajstić information content (AvgIpc) is 3.71. The molecule has 0 aromatic carbocycles. The Hall–Kier alpha value is -1.10. The molecule has 3 atom stereocenters. The summed E-state index contributed by atoms with van der Waals surface area (Å²) in [5.74, 6) is 0.0392. The number of aliphatic hydroxyl groups is 1. The zero-order valence-corrected chi connectivity index (χ0v) is 28.7. The number of aliphatic hydroxyl groups excluding tert-OH is 1. The second kappa shape index (κ2) is 29.6. The van der Waals surface area contributed by atoms with E-state index in [1.807, 2.05) is 0 Å². The fourth-order valence-corrected chi connectivity index (χ4v) is 6.39. The Labute approximate surface area is 267 Å². The summed E-state index contributed by atoms with van der Waals surface area (Å²) in [4.78, 5) is 24.4. The van der Waals surface area contributed by atoms with Crippen molar-refractivity contribution in [2.75, 3.05) is 19.8 Å². The molecule has 0 saturated heterocycles. The molecule has 1 aliphatic carbocycles. The second-order valence-electron chi connectivity index (χ2n) is 13.5. The van der Waals surface area contributed by atoms with Gasteiger partial charge in [-0.15, -0.1) is 0 Å². The maximum absolute atomic E-state index is 12.2. The molecule has 0 aromatic rings. The van der Waals surface area contributed by atoms with E-state index in [4.69, 9.17) is 9.47 Å². The number of esters is 2. The first-order valence-electron chi connectivity index (χ1n) is 19.1. The van der Waals surface area contributed by atoms with Crippen LogP contribution in [0, 0.1) is 17.8 Å². The van der Waals surface area contributed by atoms with E-state index in [0.29, 0.717) is 26.1 Å². The molecule has 5 nitrogen and oxygen atoms in total. The monoisotopic (exact) mass is 609 g/mol. The molecule has 0 aliphatic heterocycles. The van der Waals surface area contributed by atoms with Crippen LogP contribution in [0.2, 0.25) is 0 Å². The molecule has 1 unspecified atom stereocenters. The van der Waals surface area contributed by atoms with Gasteiger partial charge in [0, 0.05) is 31.3 Å². The van der Waals surface area contributed by atoms with E-state index >= 15 is 0 Å². The van der Waals surface area contributed by atoms with Crippen molar-refractivity contribution in [1.82, 2.24) is 0 Å². The van der Waals surface area contributed by atoms with Gasteiger partial charge in [-0.25, -0.2) is 0 Å². The predicted molar refractivity (Wildman–Crippen MR) is 180 cm³/mol. The fourth-order valence-electron chi connectivity index (χ4n) is 6.39. The summed E-state index contributed by atoms with van der Waals surface area (Å²) in [6.45, 7) is 5.26. The smallest absolute Gasteiger partial charge is 0.305 e. The lowest BCUT2D eigenvalue weighted by Gasteiger charge is -2.06. The van der Waals surface area contributed by atoms with Gasteiger partial charge in [-0.1, -0.05) is 168 Å². The minimum absolute atomic E-state index is 0.0577. The third-order valence-corrected chi connectivity index (χ3v) is 9.56. The maximum atomic E-state index is 12.2. The van der Waals surface area contributed by atoms with Gasteiger partial charge in [0.2, 0.25) is 0 Å². The van der Waals surface area contributed by atoms with E-state index in [-0.39, 0.29) is 36.3 Å². The predicted octanol–water partition coefficient (Wildman–Crippen LogP) is 10.9. The van der Waals surface area contributed by atoms with Crippen LogP contribution in [0.5, 0.6) is 0 Å². The Morgan fingerprint density at radius 2 is 0.674 bits per heavy atom. The highest BCUT2D eigenvalue weighted by atomic mass is 16.5. The number of rotatable bonds is 33. The summed E-state index contributed by atoms with van der Waals surface area (Å²) < 4.78 is 11.0. The molecule has 0 aromatic heterocycles. The molecular formula is C38H72O5. The number of hydrogen-bond acceptors (Lipinski definition) is 5. The van der Waals surface area contributed by atoms with Crippen LogP contribution < -0.4 is 0 Å². The van der Waals surface area contributed by atoms with Crippen molar-refractivity contribution in [3.8, 4) is 0 Å². The first-order chi connectivity index (χ1) is 21.1. The summed E-state index contributed by atoms with van der Waals surface area (Å²) in [5, 5.41) is 9.67. The highest BCUT2D eigenvalue weighted by molar-refractivity contribution is 5.69. The van der Waals surface area contributed by atoms with E-state index in [1.54, 1.807) is 0 Å². The lowest BCUT2D eigenvalue weighted by atomic mass is 10.0. The SMILES string of the molecule is CCCCCCCCCCCCCCCC(=O)OC[C@@H]1C(CO)[C@@H]1COC(=O)CCCCCCCCCCCCCCC. The molecule has 1 saturated carbocycles. The highest BCUT2D eigenvalue weighted by Crippen LogP contribution is 2.46. The average molecular weight is 609 g/mol. The van der Waals surface area contributed by atoms with Crippen molar-refractivity contribution in [1.29, 1.82) is 0 Å². The van der Waals surface area contributed by atoms with Gasteiger partial charge in [-0.05, 0) is 18.8 Å². The van der Waals surface area contributed by atoms with Gasteiger partial charge in [-0.2, -0.15) is 0 Å². The normalized spacial score (nSPS) is 17.7. The van der Waals surface area contributed by atoms with Crippen molar-refractivity contribution in [2.24, 2.45) is 17.8 Å². The van der Waals surface area contributed by atoms with Gasteiger partial charge in [-0.3, -0.25) is 9.59 Å². The third kappa shape index (κ3) is 23.9. The number of hydrogen-bond donors (Lipinski definition) is 1. The first kappa shape index (κ1) is 39.9. The Kier molecular flexibility index (Phi) is 27.5. The summed E-state index contributed by atoms with van der Waals surface area (Å²) >= 11 is 0. The van der Waals surface area contributed by atoms with Crippen molar-refractivity contribution in [2.45, 2.75) is 194 Å². The van der Waals surface area contributed by atoms with Gasteiger partial charge < -0.3 is 14.6 Å². The topological polar surface area (TPSA) is 72.8 Å². The molecule has 43 heavy (non-hydrogen) atoms. The van der Waals surface area contributed by atoms with Crippen molar-refractivity contribution in [3.63, 3.8) is 0 Å². The van der Waals surface area contributed by atoms with Crippen LogP contribution in [0.3, 0.4) is 0 Å². The Morgan fingerprint density at radius 3 is 0.930 bits per heavy atom. The van der Waals surface area contributed by atoms with Crippen molar-refractivity contribution in [3.05, 3.63) is 0 Å². The Balaban J connectivity index is 1.91. The van der Waals surface area contributed by atoms with Crippen molar-refractivity contribution < 1.29 is 24.2 Å².